The average Bonchev–Trinajstić information content (AvgIpc) is 2.93. The number of nitrogen functional groups attached to an aromatic ring is 1. The maximum Gasteiger partial charge on any atom is 0.257 e. The first-order valence-corrected chi connectivity index (χ1v) is 6.57. The van der Waals surface area contributed by atoms with E-state index in [-0.39, 0.29) is 0 Å². The van der Waals surface area contributed by atoms with Crippen LogP contribution >= 0.6 is 11.3 Å². The van der Waals surface area contributed by atoms with E-state index < -0.39 is 0 Å². The van der Waals surface area contributed by atoms with E-state index in [1.54, 1.807) is 0 Å². The molecule has 18 heavy (non-hydrogen) atoms. The lowest BCUT2D eigenvalue weighted by atomic mass is 10.2. The van der Waals surface area contributed by atoms with Gasteiger partial charge in [-0.25, -0.2) is 4.98 Å². The highest BCUT2D eigenvalue weighted by molar-refractivity contribution is 7.22. The van der Waals surface area contributed by atoms with Gasteiger partial charge in [-0.2, -0.15) is 4.98 Å². The standard InChI is InChI=1S/C12H12N4OS/c1-2-3-10-15-11(17-16-10)7-4-5-8-9(6-7)18-12(13)14-8/h4-6H,2-3H2,1H3,(H2,13,14). The van der Waals surface area contributed by atoms with Gasteiger partial charge in [0.1, 0.15) is 0 Å². The number of rotatable bonds is 3. The Bertz CT molecular complexity index is 688. The first-order valence-electron chi connectivity index (χ1n) is 5.75. The van der Waals surface area contributed by atoms with E-state index in [1.807, 2.05) is 18.2 Å². The molecule has 0 amide bonds. The monoisotopic (exact) mass is 260 g/mol. The third kappa shape index (κ3) is 1.95. The van der Waals surface area contributed by atoms with Crippen molar-refractivity contribution in [3.8, 4) is 11.5 Å². The van der Waals surface area contributed by atoms with Crippen LogP contribution in [0.3, 0.4) is 0 Å². The summed E-state index contributed by atoms with van der Waals surface area (Å²) in [6, 6.07) is 5.82. The molecule has 0 aliphatic rings. The van der Waals surface area contributed by atoms with Crippen LogP contribution in [-0.4, -0.2) is 15.1 Å². The molecule has 92 valence electrons. The summed E-state index contributed by atoms with van der Waals surface area (Å²) in [6.07, 6.45) is 1.84. The molecule has 0 fully saturated rings. The average molecular weight is 260 g/mol. The molecule has 0 unspecified atom stereocenters. The molecule has 0 aliphatic heterocycles. The van der Waals surface area contributed by atoms with Gasteiger partial charge in [0.15, 0.2) is 11.0 Å². The van der Waals surface area contributed by atoms with Crippen LogP contribution in [0.25, 0.3) is 21.7 Å². The van der Waals surface area contributed by atoms with Crippen molar-refractivity contribution in [1.82, 2.24) is 15.1 Å². The van der Waals surface area contributed by atoms with Crippen molar-refractivity contribution in [3.05, 3.63) is 24.0 Å². The Labute approximate surface area is 108 Å². The van der Waals surface area contributed by atoms with Gasteiger partial charge in [-0.05, 0) is 24.6 Å². The number of hydrogen-bond donors (Lipinski definition) is 1. The maximum absolute atomic E-state index is 5.68. The second kappa shape index (κ2) is 4.38. The highest BCUT2D eigenvalue weighted by atomic mass is 32.1. The van der Waals surface area contributed by atoms with Gasteiger partial charge < -0.3 is 10.3 Å². The van der Waals surface area contributed by atoms with Gasteiger partial charge in [0.25, 0.3) is 5.89 Å². The number of fused-ring (bicyclic) bond motifs is 1. The minimum Gasteiger partial charge on any atom is -0.375 e. The lowest BCUT2D eigenvalue weighted by molar-refractivity contribution is 0.422. The zero-order valence-corrected chi connectivity index (χ0v) is 10.7. The molecule has 1 aromatic carbocycles. The maximum atomic E-state index is 5.68. The van der Waals surface area contributed by atoms with E-state index in [2.05, 4.69) is 22.0 Å². The minimum absolute atomic E-state index is 0.548. The number of nitrogens with two attached hydrogens (primary N) is 1. The molecule has 3 aromatic rings. The predicted molar refractivity (Wildman–Crippen MR) is 71.3 cm³/mol. The van der Waals surface area contributed by atoms with Crippen LogP contribution in [0, 0.1) is 0 Å². The molecule has 0 aliphatic carbocycles. The van der Waals surface area contributed by atoms with Crippen LogP contribution in [0.2, 0.25) is 0 Å². The first kappa shape index (κ1) is 11.2. The van der Waals surface area contributed by atoms with Crippen molar-refractivity contribution in [1.29, 1.82) is 0 Å². The topological polar surface area (TPSA) is 77.8 Å². The highest BCUT2D eigenvalue weighted by Crippen LogP contribution is 2.28. The SMILES string of the molecule is CCCc1noc(-c2ccc3nc(N)sc3c2)n1. The summed E-state index contributed by atoms with van der Waals surface area (Å²) >= 11 is 1.45. The summed E-state index contributed by atoms with van der Waals surface area (Å²) in [7, 11) is 0. The number of aryl methyl sites for hydroxylation is 1. The molecule has 0 saturated carbocycles. The van der Waals surface area contributed by atoms with E-state index in [1.165, 1.54) is 11.3 Å². The van der Waals surface area contributed by atoms with Crippen LogP contribution in [0.1, 0.15) is 19.2 Å². The molecule has 0 bridgehead atoms. The molecule has 0 radical (unpaired) electrons. The van der Waals surface area contributed by atoms with Crippen LogP contribution in [-0.2, 0) is 6.42 Å². The second-order valence-electron chi connectivity index (χ2n) is 4.00. The van der Waals surface area contributed by atoms with Gasteiger partial charge in [0, 0.05) is 12.0 Å². The van der Waals surface area contributed by atoms with Gasteiger partial charge in [-0.1, -0.05) is 23.4 Å². The molecular weight excluding hydrogens is 248 g/mol. The summed E-state index contributed by atoms with van der Waals surface area (Å²) in [5.74, 6) is 1.30. The molecule has 3 rings (SSSR count). The zero-order chi connectivity index (χ0) is 12.5. The molecule has 6 heteroatoms. The van der Waals surface area contributed by atoms with E-state index in [9.17, 15) is 0 Å². The van der Waals surface area contributed by atoms with E-state index >= 15 is 0 Å². The number of thiazole rings is 1. The molecular formula is C12H12N4OS. The molecule has 0 atom stereocenters. The number of anilines is 1. The van der Waals surface area contributed by atoms with Gasteiger partial charge in [0.2, 0.25) is 0 Å². The predicted octanol–water partition coefficient (Wildman–Crippen LogP) is 2.88. The van der Waals surface area contributed by atoms with Crippen LogP contribution in [0.15, 0.2) is 22.7 Å². The van der Waals surface area contributed by atoms with Crippen LogP contribution in [0.4, 0.5) is 5.13 Å². The summed E-state index contributed by atoms with van der Waals surface area (Å²) in [6.45, 7) is 2.09. The van der Waals surface area contributed by atoms with E-state index in [0.717, 1.165) is 34.4 Å². The van der Waals surface area contributed by atoms with Crippen LogP contribution < -0.4 is 5.73 Å². The summed E-state index contributed by atoms with van der Waals surface area (Å²) in [5, 5.41) is 4.51. The van der Waals surface area contributed by atoms with Gasteiger partial charge in [-0.15, -0.1) is 0 Å². The molecule has 0 spiro atoms. The Morgan fingerprint density at radius 2 is 2.22 bits per heavy atom. The lowest BCUT2D eigenvalue weighted by Gasteiger charge is -1.93. The summed E-state index contributed by atoms with van der Waals surface area (Å²) in [4.78, 5) is 8.57. The van der Waals surface area contributed by atoms with Crippen molar-refractivity contribution in [2.45, 2.75) is 19.8 Å². The smallest absolute Gasteiger partial charge is 0.257 e. The minimum atomic E-state index is 0.548. The van der Waals surface area contributed by atoms with Crippen molar-refractivity contribution in [3.63, 3.8) is 0 Å². The van der Waals surface area contributed by atoms with Crippen molar-refractivity contribution in [2.24, 2.45) is 0 Å². The number of aromatic nitrogens is 3. The van der Waals surface area contributed by atoms with Gasteiger partial charge >= 0.3 is 0 Å². The Morgan fingerprint density at radius 1 is 1.33 bits per heavy atom. The molecule has 2 N–H and O–H groups in total. The van der Waals surface area contributed by atoms with Crippen molar-refractivity contribution >= 4 is 26.7 Å². The van der Waals surface area contributed by atoms with Crippen molar-refractivity contribution in [2.75, 3.05) is 5.73 Å². The molecule has 2 heterocycles. The van der Waals surface area contributed by atoms with Gasteiger partial charge in [-0.3, -0.25) is 0 Å². The quantitative estimate of drug-likeness (QED) is 0.783. The lowest BCUT2D eigenvalue weighted by Crippen LogP contribution is -1.85. The third-order valence-corrected chi connectivity index (χ3v) is 3.44. The second-order valence-corrected chi connectivity index (χ2v) is 5.06. The fraction of sp³-hybridized carbons (Fsp3) is 0.250. The largest absolute Gasteiger partial charge is 0.375 e. The number of nitrogens with zero attached hydrogens (tertiary/aromatic N) is 3. The normalized spacial score (nSPS) is 11.2. The third-order valence-electron chi connectivity index (χ3n) is 2.59. The van der Waals surface area contributed by atoms with Gasteiger partial charge in [0.05, 0.1) is 10.2 Å². The molecule has 2 aromatic heterocycles. The zero-order valence-electron chi connectivity index (χ0n) is 9.88. The summed E-state index contributed by atoms with van der Waals surface area (Å²) < 4.78 is 6.28. The van der Waals surface area contributed by atoms with Crippen molar-refractivity contribution < 1.29 is 4.52 Å². The Balaban J connectivity index is 2.01. The summed E-state index contributed by atoms with van der Waals surface area (Å²) in [5.41, 5.74) is 7.48. The first-order chi connectivity index (χ1) is 8.76. The highest BCUT2D eigenvalue weighted by Gasteiger charge is 2.10. The Kier molecular flexibility index (Phi) is 2.71. The fourth-order valence-corrected chi connectivity index (χ4v) is 2.55. The van der Waals surface area contributed by atoms with E-state index in [0.29, 0.717) is 11.0 Å². The van der Waals surface area contributed by atoms with E-state index in [4.69, 9.17) is 10.3 Å². The number of hydrogen-bond acceptors (Lipinski definition) is 6. The number of benzene rings is 1. The Hall–Kier alpha value is -1.95. The van der Waals surface area contributed by atoms with Crippen LogP contribution in [0.5, 0.6) is 0 Å². The molecule has 0 saturated heterocycles. The fourth-order valence-electron chi connectivity index (χ4n) is 1.77. The Morgan fingerprint density at radius 3 is 3.06 bits per heavy atom. The molecule has 5 nitrogen and oxygen atoms in total.